The first kappa shape index (κ1) is 15.4. The smallest absolute Gasteiger partial charge is 0.232 e. The maximum Gasteiger partial charge on any atom is 0.232 e. The molecule has 3 aromatic rings. The molecule has 0 saturated carbocycles. The minimum absolute atomic E-state index is 0.124. The molecule has 1 aromatic heterocycles. The fourth-order valence-electron chi connectivity index (χ4n) is 3.00. The van der Waals surface area contributed by atoms with Crippen molar-refractivity contribution in [1.82, 2.24) is 9.97 Å². The third-order valence-corrected chi connectivity index (χ3v) is 4.22. The maximum atomic E-state index is 14.2. The zero-order valence-corrected chi connectivity index (χ0v) is 13.7. The van der Waals surface area contributed by atoms with Gasteiger partial charge in [-0.1, -0.05) is 30.3 Å². The molecule has 5 nitrogen and oxygen atoms in total. The van der Waals surface area contributed by atoms with Crippen LogP contribution in [0.1, 0.15) is 5.56 Å². The van der Waals surface area contributed by atoms with Crippen LogP contribution < -0.4 is 15.0 Å². The molecule has 0 fully saturated rings. The highest BCUT2D eigenvalue weighted by atomic mass is 19.1. The van der Waals surface area contributed by atoms with E-state index in [9.17, 15) is 4.39 Å². The van der Waals surface area contributed by atoms with E-state index in [0.29, 0.717) is 17.4 Å². The average molecular weight is 336 g/mol. The van der Waals surface area contributed by atoms with E-state index >= 15 is 0 Å². The number of hydrogen-bond acceptors (Lipinski definition) is 5. The van der Waals surface area contributed by atoms with Crippen LogP contribution in [-0.4, -0.2) is 23.6 Å². The quantitative estimate of drug-likeness (QED) is 0.778. The minimum atomic E-state index is -0.512. The van der Waals surface area contributed by atoms with E-state index in [4.69, 9.17) is 4.74 Å². The topological polar surface area (TPSA) is 50.3 Å². The van der Waals surface area contributed by atoms with Gasteiger partial charge in [-0.15, -0.1) is 0 Å². The Morgan fingerprint density at radius 1 is 1.12 bits per heavy atom. The fraction of sp³-hybridized carbons (Fsp3) is 0.158. The predicted octanol–water partition coefficient (Wildman–Crippen LogP) is 4.06. The van der Waals surface area contributed by atoms with Crippen LogP contribution in [0.5, 0.6) is 5.75 Å². The molecule has 6 heteroatoms. The summed E-state index contributed by atoms with van der Waals surface area (Å²) in [5.41, 5.74) is 2.96. The van der Waals surface area contributed by atoms with Gasteiger partial charge in [0.1, 0.15) is 5.75 Å². The van der Waals surface area contributed by atoms with E-state index < -0.39 is 5.82 Å². The number of benzene rings is 2. The zero-order valence-electron chi connectivity index (χ0n) is 13.7. The van der Waals surface area contributed by atoms with Crippen LogP contribution in [0.25, 0.3) is 0 Å². The van der Waals surface area contributed by atoms with Crippen LogP contribution in [0.15, 0.2) is 54.7 Å². The Labute approximate surface area is 145 Å². The van der Waals surface area contributed by atoms with E-state index in [0.717, 1.165) is 18.7 Å². The first-order valence-corrected chi connectivity index (χ1v) is 8.04. The maximum absolute atomic E-state index is 14.2. The summed E-state index contributed by atoms with van der Waals surface area (Å²) >= 11 is 0. The van der Waals surface area contributed by atoms with Crippen molar-refractivity contribution < 1.29 is 9.13 Å². The molecule has 0 aliphatic carbocycles. The molecule has 1 aliphatic heterocycles. The van der Waals surface area contributed by atoms with Gasteiger partial charge in [-0.3, -0.25) is 0 Å². The molecule has 0 unspecified atom stereocenters. The SMILES string of the molecule is COc1ccccc1Nc1nc(N2CCc3ccccc32)ncc1F. The molecule has 0 atom stereocenters. The molecule has 1 aliphatic rings. The van der Waals surface area contributed by atoms with Gasteiger partial charge in [0.05, 0.1) is 19.0 Å². The Hall–Kier alpha value is -3.15. The molecule has 126 valence electrons. The Morgan fingerprint density at radius 3 is 2.80 bits per heavy atom. The Bertz CT molecular complexity index is 915. The van der Waals surface area contributed by atoms with Gasteiger partial charge in [0, 0.05) is 12.2 Å². The van der Waals surface area contributed by atoms with Crippen LogP contribution in [0.3, 0.4) is 0 Å². The van der Waals surface area contributed by atoms with E-state index in [-0.39, 0.29) is 5.82 Å². The first-order valence-electron chi connectivity index (χ1n) is 8.04. The highest BCUT2D eigenvalue weighted by Crippen LogP contribution is 2.34. The summed E-state index contributed by atoms with van der Waals surface area (Å²) in [5.74, 6) is 0.707. The average Bonchev–Trinajstić information content (AvgIpc) is 3.08. The molecule has 4 rings (SSSR count). The third kappa shape index (κ3) is 2.87. The van der Waals surface area contributed by atoms with Crippen molar-refractivity contribution in [2.45, 2.75) is 6.42 Å². The molecule has 0 bridgehead atoms. The first-order chi connectivity index (χ1) is 12.3. The summed E-state index contributed by atoms with van der Waals surface area (Å²) in [6, 6.07) is 15.4. The second-order valence-corrected chi connectivity index (χ2v) is 5.72. The van der Waals surface area contributed by atoms with Gasteiger partial charge in [-0.2, -0.15) is 4.98 Å². The lowest BCUT2D eigenvalue weighted by Crippen LogP contribution is -2.17. The van der Waals surface area contributed by atoms with E-state index in [1.54, 1.807) is 13.2 Å². The predicted molar refractivity (Wildman–Crippen MR) is 95.4 cm³/mol. The number of fused-ring (bicyclic) bond motifs is 1. The lowest BCUT2D eigenvalue weighted by molar-refractivity contribution is 0.416. The molecular weight excluding hydrogens is 319 g/mol. The van der Waals surface area contributed by atoms with Crippen LogP contribution in [0.4, 0.5) is 27.5 Å². The largest absolute Gasteiger partial charge is 0.495 e. The van der Waals surface area contributed by atoms with E-state index in [1.165, 1.54) is 11.8 Å². The number of anilines is 4. The lowest BCUT2D eigenvalue weighted by Gasteiger charge is -2.18. The van der Waals surface area contributed by atoms with Crippen molar-refractivity contribution in [2.24, 2.45) is 0 Å². The molecule has 25 heavy (non-hydrogen) atoms. The number of hydrogen-bond donors (Lipinski definition) is 1. The van der Waals surface area contributed by atoms with Crippen molar-refractivity contribution in [3.8, 4) is 5.75 Å². The van der Waals surface area contributed by atoms with Crippen LogP contribution >= 0.6 is 0 Å². The Balaban J connectivity index is 1.68. The van der Waals surface area contributed by atoms with E-state index in [1.807, 2.05) is 41.3 Å². The molecule has 2 heterocycles. The van der Waals surface area contributed by atoms with Gasteiger partial charge in [-0.05, 0) is 30.2 Å². The summed E-state index contributed by atoms with van der Waals surface area (Å²) < 4.78 is 19.5. The number of nitrogens with one attached hydrogen (secondary N) is 1. The van der Waals surface area contributed by atoms with Gasteiger partial charge in [0.2, 0.25) is 5.95 Å². The second-order valence-electron chi connectivity index (χ2n) is 5.72. The van der Waals surface area contributed by atoms with Crippen molar-refractivity contribution in [2.75, 3.05) is 23.9 Å². The number of ether oxygens (including phenoxy) is 1. The van der Waals surface area contributed by atoms with Crippen LogP contribution in [0, 0.1) is 5.82 Å². The monoisotopic (exact) mass is 336 g/mol. The van der Waals surface area contributed by atoms with Gasteiger partial charge in [-0.25, -0.2) is 9.37 Å². The van der Waals surface area contributed by atoms with Crippen molar-refractivity contribution >= 4 is 23.1 Å². The number of para-hydroxylation sites is 3. The molecule has 1 N–H and O–H groups in total. The number of aromatic nitrogens is 2. The molecule has 0 saturated heterocycles. The summed E-state index contributed by atoms with van der Waals surface area (Å²) in [6.45, 7) is 0.777. The third-order valence-electron chi connectivity index (χ3n) is 4.22. The number of halogens is 1. The molecule has 0 spiro atoms. The highest BCUT2D eigenvalue weighted by Gasteiger charge is 2.23. The van der Waals surface area contributed by atoms with E-state index in [2.05, 4.69) is 21.4 Å². The molecule has 0 amide bonds. The molecule has 2 aromatic carbocycles. The minimum Gasteiger partial charge on any atom is -0.495 e. The summed E-state index contributed by atoms with van der Waals surface area (Å²) in [5, 5.41) is 3.00. The normalized spacial score (nSPS) is 12.8. The van der Waals surface area contributed by atoms with Crippen LogP contribution in [0.2, 0.25) is 0 Å². The zero-order chi connectivity index (χ0) is 17.2. The van der Waals surface area contributed by atoms with Gasteiger partial charge >= 0.3 is 0 Å². The van der Waals surface area contributed by atoms with Gasteiger partial charge in [0.15, 0.2) is 11.6 Å². The highest BCUT2D eigenvalue weighted by molar-refractivity contribution is 5.68. The Kier molecular flexibility index (Phi) is 3.93. The van der Waals surface area contributed by atoms with Crippen LogP contribution in [-0.2, 0) is 6.42 Å². The Morgan fingerprint density at radius 2 is 1.92 bits per heavy atom. The van der Waals surface area contributed by atoms with Gasteiger partial charge in [0.25, 0.3) is 0 Å². The summed E-state index contributed by atoms with van der Waals surface area (Å²) in [4.78, 5) is 10.6. The molecular formula is C19H17FN4O. The fourth-order valence-corrected chi connectivity index (χ4v) is 3.00. The van der Waals surface area contributed by atoms with Crippen molar-refractivity contribution in [3.05, 3.63) is 66.1 Å². The summed E-state index contributed by atoms with van der Waals surface area (Å²) in [7, 11) is 1.57. The lowest BCUT2D eigenvalue weighted by atomic mass is 10.2. The number of nitrogens with zero attached hydrogens (tertiary/aromatic N) is 3. The van der Waals surface area contributed by atoms with Gasteiger partial charge < -0.3 is 15.0 Å². The summed E-state index contributed by atoms with van der Waals surface area (Å²) in [6.07, 6.45) is 2.12. The standard InChI is InChI=1S/C19H17FN4O/c1-25-17-9-5-3-7-15(17)22-18-14(20)12-21-19(23-18)24-11-10-13-6-2-4-8-16(13)24/h2-9,12H,10-11H2,1H3,(H,21,22,23). The van der Waals surface area contributed by atoms with Crippen molar-refractivity contribution in [3.63, 3.8) is 0 Å². The van der Waals surface area contributed by atoms with Crippen molar-refractivity contribution in [1.29, 1.82) is 0 Å². The second kappa shape index (κ2) is 6.39. The molecule has 0 radical (unpaired) electrons. The number of methoxy groups -OCH3 is 1. The number of rotatable bonds is 4.